The minimum absolute atomic E-state index is 0.312. The van der Waals surface area contributed by atoms with E-state index in [1.807, 2.05) is 6.07 Å². The fourth-order valence-corrected chi connectivity index (χ4v) is 3.18. The maximum absolute atomic E-state index is 12.3. The third-order valence-corrected chi connectivity index (χ3v) is 4.29. The van der Waals surface area contributed by atoms with Gasteiger partial charge in [0.1, 0.15) is 5.75 Å². The van der Waals surface area contributed by atoms with E-state index in [1.165, 1.54) is 7.11 Å². The Balaban J connectivity index is 1.75. The average Bonchev–Trinajstić information content (AvgIpc) is 2.59. The lowest BCUT2D eigenvalue weighted by atomic mass is 10.0. The van der Waals surface area contributed by atoms with Crippen molar-refractivity contribution in [2.45, 2.75) is 18.9 Å². The molecular formula is C18H15Cl2NO4. The van der Waals surface area contributed by atoms with E-state index in [1.54, 1.807) is 30.3 Å². The number of carbonyl (C=O) groups is 2. The summed E-state index contributed by atoms with van der Waals surface area (Å²) in [6.07, 6.45) is 0.592. The zero-order valence-electron chi connectivity index (χ0n) is 13.3. The smallest absolute Gasteiger partial charge is 0.347 e. The highest BCUT2D eigenvalue weighted by atomic mass is 35.5. The summed E-state index contributed by atoms with van der Waals surface area (Å²) in [4.78, 5) is 23.9. The van der Waals surface area contributed by atoms with Crippen LogP contribution >= 0.6 is 23.2 Å². The van der Waals surface area contributed by atoms with Crippen LogP contribution in [0.2, 0.25) is 10.0 Å². The van der Waals surface area contributed by atoms with Gasteiger partial charge in [-0.25, -0.2) is 4.79 Å². The van der Waals surface area contributed by atoms with Gasteiger partial charge in [-0.15, -0.1) is 0 Å². The zero-order valence-corrected chi connectivity index (χ0v) is 14.9. The Hall–Kier alpha value is -2.24. The number of carbonyl (C=O) groups excluding carboxylic acids is 2. The van der Waals surface area contributed by atoms with Crippen molar-refractivity contribution in [2.75, 3.05) is 12.4 Å². The van der Waals surface area contributed by atoms with Gasteiger partial charge < -0.3 is 14.8 Å². The van der Waals surface area contributed by atoms with Crippen molar-refractivity contribution >= 4 is 40.8 Å². The molecule has 1 amide bonds. The van der Waals surface area contributed by atoms with Gasteiger partial charge in [-0.1, -0.05) is 23.2 Å². The molecule has 3 rings (SSSR count). The van der Waals surface area contributed by atoms with Gasteiger partial charge >= 0.3 is 5.97 Å². The summed E-state index contributed by atoms with van der Waals surface area (Å²) in [5, 5.41) is 3.59. The van der Waals surface area contributed by atoms with Gasteiger partial charge in [0.05, 0.1) is 7.11 Å². The molecule has 0 saturated heterocycles. The maximum atomic E-state index is 12.3. The molecule has 25 heavy (non-hydrogen) atoms. The van der Waals surface area contributed by atoms with Crippen LogP contribution in [0.4, 0.5) is 5.69 Å². The van der Waals surface area contributed by atoms with Crippen molar-refractivity contribution in [1.82, 2.24) is 0 Å². The summed E-state index contributed by atoms with van der Waals surface area (Å²) >= 11 is 11.8. The number of benzene rings is 2. The van der Waals surface area contributed by atoms with Crippen LogP contribution in [-0.2, 0) is 16.0 Å². The third kappa shape index (κ3) is 4.06. The predicted octanol–water partition coefficient (Wildman–Crippen LogP) is 4.11. The van der Waals surface area contributed by atoms with Gasteiger partial charge in [0.25, 0.3) is 5.91 Å². The van der Waals surface area contributed by atoms with Gasteiger partial charge in [-0.05, 0) is 54.8 Å². The van der Waals surface area contributed by atoms with Crippen molar-refractivity contribution in [3.05, 3.63) is 57.6 Å². The summed E-state index contributed by atoms with van der Waals surface area (Å²) in [5.41, 5.74) is 1.92. The number of hydrogen-bond donors (Lipinski definition) is 1. The fourth-order valence-electron chi connectivity index (χ4n) is 2.65. The molecule has 2 aromatic carbocycles. The largest absolute Gasteiger partial charge is 0.478 e. The number of hydrogen-bond acceptors (Lipinski definition) is 4. The topological polar surface area (TPSA) is 64.6 Å². The molecule has 7 heteroatoms. The van der Waals surface area contributed by atoms with Crippen LogP contribution in [0.5, 0.6) is 5.75 Å². The molecule has 0 fully saturated rings. The van der Waals surface area contributed by atoms with Crippen molar-refractivity contribution in [2.24, 2.45) is 0 Å². The Morgan fingerprint density at radius 1 is 1.16 bits per heavy atom. The Morgan fingerprint density at radius 3 is 2.56 bits per heavy atom. The van der Waals surface area contributed by atoms with E-state index < -0.39 is 6.10 Å². The average molecular weight is 380 g/mol. The number of nitrogens with one attached hydrogen (secondary N) is 1. The van der Waals surface area contributed by atoms with Crippen LogP contribution in [-0.4, -0.2) is 25.1 Å². The van der Waals surface area contributed by atoms with E-state index in [9.17, 15) is 9.59 Å². The maximum Gasteiger partial charge on any atom is 0.347 e. The Kier molecular flexibility index (Phi) is 5.16. The second-order valence-electron chi connectivity index (χ2n) is 5.60. The first-order valence-electron chi connectivity index (χ1n) is 7.61. The molecule has 1 N–H and O–H groups in total. The van der Waals surface area contributed by atoms with Crippen molar-refractivity contribution in [1.29, 1.82) is 0 Å². The third-order valence-electron chi connectivity index (χ3n) is 3.85. The van der Waals surface area contributed by atoms with E-state index >= 15 is 0 Å². The Labute approximate surface area is 154 Å². The molecule has 1 aliphatic heterocycles. The summed E-state index contributed by atoms with van der Waals surface area (Å²) in [5.74, 6) is -0.0835. The molecule has 0 bridgehead atoms. The molecule has 0 saturated carbocycles. The summed E-state index contributed by atoms with van der Waals surface area (Å²) in [6.45, 7) is 0. The van der Waals surface area contributed by atoms with Crippen LogP contribution in [0.15, 0.2) is 36.4 Å². The number of esters is 1. The van der Waals surface area contributed by atoms with Gasteiger partial charge in [0, 0.05) is 21.3 Å². The van der Waals surface area contributed by atoms with Crippen LogP contribution in [0.3, 0.4) is 0 Å². The summed E-state index contributed by atoms with van der Waals surface area (Å²) < 4.78 is 10.3. The van der Waals surface area contributed by atoms with Gasteiger partial charge in [-0.3, -0.25) is 4.79 Å². The number of fused-ring (bicyclic) bond motifs is 1. The molecule has 1 heterocycles. The molecule has 0 spiro atoms. The summed E-state index contributed by atoms with van der Waals surface area (Å²) in [6, 6.07) is 9.92. The van der Waals surface area contributed by atoms with E-state index in [4.69, 9.17) is 32.7 Å². The van der Waals surface area contributed by atoms with Gasteiger partial charge in [0.15, 0.2) is 6.10 Å². The lowest BCUT2D eigenvalue weighted by Gasteiger charge is -2.24. The quantitative estimate of drug-likeness (QED) is 0.814. The van der Waals surface area contributed by atoms with Crippen molar-refractivity contribution in [3.63, 3.8) is 0 Å². The molecule has 2 aromatic rings. The second kappa shape index (κ2) is 7.33. The van der Waals surface area contributed by atoms with Gasteiger partial charge in [-0.2, -0.15) is 0 Å². The highest BCUT2D eigenvalue weighted by Crippen LogP contribution is 2.31. The standard InChI is InChI=1S/C18H15Cl2NO4/c1-24-18(23)16-4-2-10-8-14(3-5-15(10)25-16)21-17(22)11-6-12(19)9-13(20)7-11/h3,5-9,16H,2,4H2,1H3,(H,21,22). The lowest BCUT2D eigenvalue weighted by Crippen LogP contribution is -2.32. The Bertz CT molecular complexity index is 818. The molecule has 0 radical (unpaired) electrons. The molecule has 1 unspecified atom stereocenters. The first kappa shape index (κ1) is 17.6. The SMILES string of the molecule is COC(=O)C1CCc2cc(NC(=O)c3cc(Cl)cc(Cl)c3)ccc2O1. The zero-order chi connectivity index (χ0) is 18.0. The highest BCUT2D eigenvalue weighted by Gasteiger charge is 2.27. The molecular weight excluding hydrogens is 365 g/mol. The number of rotatable bonds is 3. The summed E-state index contributed by atoms with van der Waals surface area (Å²) in [7, 11) is 1.34. The van der Waals surface area contributed by atoms with E-state index in [0.29, 0.717) is 39.9 Å². The van der Waals surface area contributed by atoms with E-state index in [0.717, 1.165) is 5.56 Å². The minimum Gasteiger partial charge on any atom is -0.478 e. The number of methoxy groups -OCH3 is 1. The molecule has 0 aromatic heterocycles. The molecule has 1 aliphatic rings. The first-order chi connectivity index (χ1) is 12.0. The number of halogens is 2. The van der Waals surface area contributed by atoms with Crippen LogP contribution in [0, 0.1) is 0 Å². The number of aryl methyl sites for hydroxylation is 1. The number of amides is 1. The Morgan fingerprint density at radius 2 is 1.88 bits per heavy atom. The fraction of sp³-hybridized carbons (Fsp3) is 0.222. The minimum atomic E-state index is -0.591. The van der Waals surface area contributed by atoms with Crippen LogP contribution in [0.1, 0.15) is 22.3 Å². The van der Waals surface area contributed by atoms with E-state index in [2.05, 4.69) is 5.32 Å². The van der Waals surface area contributed by atoms with Crippen LogP contribution in [0.25, 0.3) is 0 Å². The molecule has 5 nitrogen and oxygen atoms in total. The lowest BCUT2D eigenvalue weighted by molar-refractivity contribution is -0.149. The van der Waals surface area contributed by atoms with Crippen molar-refractivity contribution in [3.8, 4) is 5.75 Å². The molecule has 130 valence electrons. The van der Waals surface area contributed by atoms with Crippen LogP contribution < -0.4 is 10.1 Å². The van der Waals surface area contributed by atoms with E-state index in [-0.39, 0.29) is 11.9 Å². The van der Waals surface area contributed by atoms with Crippen molar-refractivity contribution < 1.29 is 19.1 Å². The molecule has 0 aliphatic carbocycles. The molecule has 1 atom stereocenters. The monoisotopic (exact) mass is 379 g/mol. The normalized spacial score (nSPS) is 15.7. The second-order valence-corrected chi connectivity index (χ2v) is 6.48. The number of ether oxygens (including phenoxy) is 2. The first-order valence-corrected chi connectivity index (χ1v) is 8.36. The number of anilines is 1. The highest BCUT2D eigenvalue weighted by molar-refractivity contribution is 6.35. The van der Waals surface area contributed by atoms with Gasteiger partial charge in [0.2, 0.25) is 0 Å². The predicted molar refractivity (Wildman–Crippen MR) is 95.6 cm³/mol.